The lowest BCUT2D eigenvalue weighted by Gasteiger charge is -2.07. The summed E-state index contributed by atoms with van der Waals surface area (Å²) < 4.78 is 0. The minimum Gasteiger partial charge on any atom is -0.282 e. The fourth-order valence-electron chi connectivity index (χ4n) is 1.05. The Morgan fingerprint density at radius 3 is 3.18 bits per heavy atom. The van der Waals surface area contributed by atoms with Gasteiger partial charge in [0, 0.05) is 17.8 Å². The molecule has 11 heavy (non-hydrogen) atoms. The molecule has 1 unspecified atom stereocenters. The molecule has 1 atom stereocenters. The van der Waals surface area contributed by atoms with Gasteiger partial charge in [0.15, 0.2) is 0 Å². The fraction of sp³-hybridized carbons (Fsp3) is 0.250. The van der Waals surface area contributed by atoms with E-state index in [1.165, 1.54) is 0 Å². The molecule has 2 heterocycles. The van der Waals surface area contributed by atoms with Crippen molar-refractivity contribution in [3.63, 3.8) is 0 Å². The Balaban J connectivity index is 2.19. The normalized spacial score (nSPS) is 22.4. The van der Waals surface area contributed by atoms with Gasteiger partial charge in [-0.1, -0.05) is 6.08 Å². The molecule has 0 saturated carbocycles. The smallest absolute Gasteiger partial charge is 0.117 e. The van der Waals surface area contributed by atoms with Crippen molar-refractivity contribution in [1.29, 1.82) is 0 Å². The van der Waals surface area contributed by atoms with Crippen molar-refractivity contribution in [2.45, 2.75) is 12.5 Å². The number of nitrogens with zero attached hydrogens (tertiary/aromatic N) is 2. The Hall–Kier alpha value is -0.960. The summed E-state index contributed by atoms with van der Waals surface area (Å²) in [5.74, 6) is 0. The molecule has 0 saturated heterocycles. The summed E-state index contributed by atoms with van der Waals surface area (Å²) in [7, 11) is 0. The van der Waals surface area contributed by atoms with E-state index < -0.39 is 0 Å². The highest BCUT2D eigenvalue weighted by atomic mass is 32.1. The highest BCUT2D eigenvalue weighted by Gasteiger charge is 2.10. The molecule has 1 aromatic rings. The molecule has 2 rings (SSSR count). The van der Waals surface area contributed by atoms with Gasteiger partial charge in [0.1, 0.15) is 11.0 Å². The van der Waals surface area contributed by atoms with Crippen molar-refractivity contribution in [2.75, 3.05) is 0 Å². The molecule has 0 aliphatic carbocycles. The third kappa shape index (κ3) is 1.38. The lowest BCUT2D eigenvalue weighted by molar-refractivity contribution is 0.733. The van der Waals surface area contributed by atoms with Gasteiger partial charge < -0.3 is 0 Å². The number of hydrogen-bond acceptors (Lipinski definition) is 3. The van der Waals surface area contributed by atoms with E-state index in [2.05, 4.69) is 16.1 Å². The van der Waals surface area contributed by atoms with Crippen LogP contribution in [-0.4, -0.2) is 11.2 Å². The van der Waals surface area contributed by atoms with E-state index in [4.69, 9.17) is 0 Å². The van der Waals surface area contributed by atoms with Crippen LogP contribution in [0.2, 0.25) is 0 Å². The molecule has 0 bridgehead atoms. The Bertz CT molecular complexity index is 274. The van der Waals surface area contributed by atoms with Gasteiger partial charge in [0.25, 0.3) is 0 Å². The van der Waals surface area contributed by atoms with E-state index in [1.807, 2.05) is 23.9 Å². The van der Waals surface area contributed by atoms with Crippen LogP contribution >= 0.6 is 11.3 Å². The average molecular weight is 164 g/mol. The first kappa shape index (κ1) is 6.73. The number of dihydropyridines is 1. The summed E-state index contributed by atoms with van der Waals surface area (Å²) in [6, 6.07) is 0.278. The number of hydrogen-bond donors (Lipinski definition) is 0. The van der Waals surface area contributed by atoms with Gasteiger partial charge in [-0.2, -0.15) is 0 Å². The van der Waals surface area contributed by atoms with Crippen LogP contribution in [0.4, 0.5) is 0 Å². The first-order valence-electron chi connectivity index (χ1n) is 3.54. The first-order chi connectivity index (χ1) is 5.47. The summed E-state index contributed by atoms with van der Waals surface area (Å²) >= 11 is 1.67. The van der Waals surface area contributed by atoms with Gasteiger partial charge in [-0.15, -0.1) is 11.3 Å². The zero-order valence-corrected chi connectivity index (χ0v) is 6.79. The van der Waals surface area contributed by atoms with Crippen LogP contribution in [0, 0.1) is 0 Å². The fourth-order valence-corrected chi connectivity index (χ4v) is 1.74. The zero-order valence-electron chi connectivity index (χ0n) is 5.97. The Labute approximate surface area is 69.3 Å². The average Bonchev–Trinajstić information content (AvgIpc) is 2.58. The second-order valence-corrected chi connectivity index (χ2v) is 3.27. The lowest BCUT2D eigenvalue weighted by Crippen LogP contribution is -1.96. The van der Waals surface area contributed by atoms with Gasteiger partial charge in [0.2, 0.25) is 0 Å². The first-order valence-corrected chi connectivity index (χ1v) is 4.42. The van der Waals surface area contributed by atoms with E-state index in [-0.39, 0.29) is 6.04 Å². The van der Waals surface area contributed by atoms with Gasteiger partial charge >= 0.3 is 0 Å². The molecule has 2 nitrogen and oxygen atoms in total. The predicted octanol–water partition coefficient (Wildman–Crippen LogP) is 2.21. The third-order valence-corrected chi connectivity index (χ3v) is 2.46. The number of rotatable bonds is 1. The minimum atomic E-state index is 0.278. The number of thiazole rings is 1. The van der Waals surface area contributed by atoms with Gasteiger partial charge in [0.05, 0.1) is 0 Å². The van der Waals surface area contributed by atoms with Crippen LogP contribution in [0.25, 0.3) is 0 Å². The number of aromatic nitrogens is 1. The molecule has 1 aliphatic heterocycles. The second-order valence-electron chi connectivity index (χ2n) is 2.35. The summed E-state index contributed by atoms with van der Waals surface area (Å²) in [6.07, 6.45) is 8.76. The highest BCUT2D eigenvalue weighted by Crippen LogP contribution is 2.24. The van der Waals surface area contributed by atoms with E-state index in [0.29, 0.717) is 0 Å². The largest absolute Gasteiger partial charge is 0.282 e. The monoisotopic (exact) mass is 164 g/mol. The zero-order chi connectivity index (χ0) is 7.52. The van der Waals surface area contributed by atoms with Crippen molar-refractivity contribution < 1.29 is 0 Å². The van der Waals surface area contributed by atoms with Crippen LogP contribution in [-0.2, 0) is 0 Å². The van der Waals surface area contributed by atoms with E-state index >= 15 is 0 Å². The summed E-state index contributed by atoms with van der Waals surface area (Å²) in [6.45, 7) is 0. The van der Waals surface area contributed by atoms with Crippen LogP contribution in [0.15, 0.2) is 28.7 Å². The van der Waals surface area contributed by atoms with Crippen LogP contribution in [0.5, 0.6) is 0 Å². The van der Waals surface area contributed by atoms with E-state index in [0.717, 1.165) is 11.4 Å². The minimum absolute atomic E-state index is 0.278. The van der Waals surface area contributed by atoms with Crippen molar-refractivity contribution in [2.24, 2.45) is 4.99 Å². The van der Waals surface area contributed by atoms with Crippen molar-refractivity contribution in [3.05, 3.63) is 28.7 Å². The molecular formula is C8H8N2S. The Morgan fingerprint density at radius 2 is 2.55 bits per heavy atom. The van der Waals surface area contributed by atoms with Gasteiger partial charge in [-0.05, 0) is 12.5 Å². The summed E-state index contributed by atoms with van der Waals surface area (Å²) in [4.78, 5) is 8.52. The molecule has 1 aromatic heterocycles. The standard InChI is InChI=1S/C8H8N2S/c1-2-4-9-7(3-1)8-10-5-6-11-8/h1-2,4-7H,3H2. The molecular weight excluding hydrogens is 156 g/mol. The molecule has 0 amide bonds. The highest BCUT2D eigenvalue weighted by molar-refractivity contribution is 7.09. The molecule has 56 valence electrons. The van der Waals surface area contributed by atoms with Crippen molar-refractivity contribution in [1.82, 2.24) is 4.98 Å². The number of allylic oxidation sites excluding steroid dienone is 1. The molecule has 0 N–H and O–H groups in total. The van der Waals surface area contributed by atoms with Crippen LogP contribution in [0.1, 0.15) is 17.5 Å². The van der Waals surface area contributed by atoms with Crippen LogP contribution in [0.3, 0.4) is 0 Å². The third-order valence-electron chi connectivity index (χ3n) is 1.58. The maximum atomic E-state index is 4.31. The maximum absolute atomic E-state index is 4.31. The lowest BCUT2D eigenvalue weighted by atomic mass is 10.2. The SMILES string of the molecule is C1=CCC(c2nccs2)N=C1. The van der Waals surface area contributed by atoms with E-state index in [9.17, 15) is 0 Å². The molecule has 0 aromatic carbocycles. The topological polar surface area (TPSA) is 25.2 Å². The summed E-state index contributed by atoms with van der Waals surface area (Å²) in [5, 5.41) is 3.11. The molecule has 0 radical (unpaired) electrons. The predicted molar refractivity (Wildman–Crippen MR) is 47.1 cm³/mol. The Kier molecular flexibility index (Phi) is 1.81. The summed E-state index contributed by atoms with van der Waals surface area (Å²) in [5.41, 5.74) is 0. The maximum Gasteiger partial charge on any atom is 0.117 e. The Morgan fingerprint density at radius 1 is 1.55 bits per heavy atom. The van der Waals surface area contributed by atoms with Gasteiger partial charge in [-0.3, -0.25) is 4.99 Å². The van der Waals surface area contributed by atoms with Crippen LogP contribution < -0.4 is 0 Å². The van der Waals surface area contributed by atoms with Gasteiger partial charge in [-0.25, -0.2) is 4.98 Å². The van der Waals surface area contributed by atoms with Crippen molar-refractivity contribution in [3.8, 4) is 0 Å². The van der Waals surface area contributed by atoms with Crippen molar-refractivity contribution >= 4 is 17.6 Å². The molecule has 3 heteroatoms. The quantitative estimate of drug-likeness (QED) is 0.624. The second kappa shape index (κ2) is 2.96. The van der Waals surface area contributed by atoms with E-state index in [1.54, 1.807) is 11.3 Å². The molecule has 0 spiro atoms. The number of aliphatic imine (C=N–C) groups is 1. The molecule has 0 fully saturated rings. The molecule has 1 aliphatic rings.